The molecule has 0 bridgehead atoms. The number of nitro benzene ring substituents is 1. The molecule has 3 N–H and O–H groups in total. The van der Waals surface area contributed by atoms with Crippen LogP contribution in [0.5, 0.6) is 0 Å². The summed E-state index contributed by atoms with van der Waals surface area (Å²) in [6.45, 7) is 1.40. The van der Waals surface area contributed by atoms with Gasteiger partial charge >= 0.3 is 5.97 Å². The largest absolute Gasteiger partial charge is 0.480 e. The van der Waals surface area contributed by atoms with Crippen molar-refractivity contribution in [3.8, 4) is 0 Å². The lowest BCUT2D eigenvalue weighted by atomic mass is 10.0. The number of rotatable bonds is 4. The zero-order chi connectivity index (χ0) is 14.9. The van der Waals surface area contributed by atoms with Gasteiger partial charge in [0.15, 0.2) is 0 Å². The molecule has 1 aromatic rings. The molecule has 0 saturated carbocycles. The molecule has 0 spiro atoms. The SMILES string of the molecule is CC(Nc1cc2c(cc1[N+](=O)[O-])NC(=O)CC2)C(=O)O. The summed E-state index contributed by atoms with van der Waals surface area (Å²) in [5.74, 6) is -1.29. The number of amides is 1. The summed E-state index contributed by atoms with van der Waals surface area (Å²) in [4.78, 5) is 32.5. The number of benzene rings is 1. The average Bonchev–Trinajstić information content (AvgIpc) is 2.37. The second-order valence-electron chi connectivity index (χ2n) is 4.54. The molecule has 8 heteroatoms. The van der Waals surface area contributed by atoms with Crippen molar-refractivity contribution in [2.24, 2.45) is 0 Å². The number of hydrogen-bond acceptors (Lipinski definition) is 5. The molecule has 1 heterocycles. The van der Waals surface area contributed by atoms with E-state index in [9.17, 15) is 19.7 Å². The maximum absolute atomic E-state index is 11.3. The summed E-state index contributed by atoms with van der Waals surface area (Å²) in [5.41, 5.74) is 1.02. The summed E-state index contributed by atoms with van der Waals surface area (Å²) in [7, 11) is 0. The Morgan fingerprint density at radius 3 is 2.80 bits per heavy atom. The fourth-order valence-corrected chi connectivity index (χ4v) is 1.98. The van der Waals surface area contributed by atoms with Crippen LogP contribution in [-0.4, -0.2) is 27.9 Å². The van der Waals surface area contributed by atoms with Crippen LogP contribution in [0.4, 0.5) is 17.1 Å². The lowest BCUT2D eigenvalue weighted by molar-refractivity contribution is -0.383. The molecule has 0 saturated heterocycles. The number of nitrogens with zero attached hydrogens (tertiary/aromatic N) is 1. The van der Waals surface area contributed by atoms with Crippen molar-refractivity contribution in [2.45, 2.75) is 25.8 Å². The number of carboxylic acids is 1. The van der Waals surface area contributed by atoms with Crippen LogP contribution < -0.4 is 10.6 Å². The zero-order valence-corrected chi connectivity index (χ0v) is 10.7. The fourth-order valence-electron chi connectivity index (χ4n) is 1.98. The minimum absolute atomic E-state index is 0.139. The molecule has 1 aliphatic heterocycles. The molecule has 0 aliphatic carbocycles. The number of fused-ring (bicyclic) bond motifs is 1. The van der Waals surface area contributed by atoms with Crippen molar-refractivity contribution in [1.29, 1.82) is 0 Å². The van der Waals surface area contributed by atoms with Crippen LogP contribution in [0.2, 0.25) is 0 Å². The van der Waals surface area contributed by atoms with E-state index >= 15 is 0 Å². The van der Waals surface area contributed by atoms with E-state index in [0.717, 1.165) is 5.56 Å². The Balaban J connectivity index is 2.42. The molecular formula is C12H13N3O5. The molecule has 1 unspecified atom stereocenters. The minimum Gasteiger partial charge on any atom is -0.480 e. The van der Waals surface area contributed by atoms with Gasteiger partial charge in [0, 0.05) is 12.5 Å². The maximum Gasteiger partial charge on any atom is 0.325 e. The molecule has 106 valence electrons. The van der Waals surface area contributed by atoms with Gasteiger partial charge in [-0.25, -0.2) is 0 Å². The third-order valence-corrected chi connectivity index (χ3v) is 3.06. The van der Waals surface area contributed by atoms with Crippen molar-refractivity contribution >= 4 is 28.9 Å². The van der Waals surface area contributed by atoms with Gasteiger partial charge in [0.05, 0.1) is 10.6 Å². The van der Waals surface area contributed by atoms with Crippen LogP contribution >= 0.6 is 0 Å². The molecular weight excluding hydrogens is 266 g/mol. The topological polar surface area (TPSA) is 122 Å². The molecule has 0 fully saturated rings. The number of carbonyl (C=O) groups excluding carboxylic acids is 1. The van der Waals surface area contributed by atoms with Crippen LogP contribution in [0.3, 0.4) is 0 Å². The number of aryl methyl sites for hydroxylation is 1. The second kappa shape index (κ2) is 5.16. The number of hydrogen-bond donors (Lipinski definition) is 3. The number of nitrogens with one attached hydrogen (secondary N) is 2. The Morgan fingerprint density at radius 1 is 1.50 bits per heavy atom. The summed E-state index contributed by atoms with van der Waals surface area (Å²) >= 11 is 0. The molecule has 0 radical (unpaired) electrons. The van der Waals surface area contributed by atoms with Crippen LogP contribution in [-0.2, 0) is 16.0 Å². The minimum atomic E-state index is -1.11. The van der Waals surface area contributed by atoms with Crippen LogP contribution in [0.1, 0.15) is 18.9 Å². The van der Waals surface area contributed by atoms with E-state index in [2.05, 4.69) is 10.6 Å². The number of anilines is 2. The van der Waals surface area contributed by atoms with E-state index in [4.69, 9.17) is 5.11 Å². The van der Waals surface area contributed by atoms with Crippen molar-refractivity contribution < 1.29 is 19.6 Å². The molecule has 20 heavy (non-hydrogen) atoms. The van der Waals surface area contributed by atoms with Crippen LogP contribution in [0.25, 0.3) is 0 Å². The van der Waals surface area contributed by atoms with Gasteiger partial charge < -0.3 is 15.7 Å². The Kier molecular flexibility index (Phi) is 3.55. The molecule has 1 aromatic carbocycles. The van der Waals surface area contributed by atoms with Crippen LogP contribution in [0.15, 0.2) is 12.1 Å². The number of carbonyl (C=O) groups is 2. The predicted molar refractivity (Wildman–Crippen MR) is 70.8 cm³/mol. The zero-order valence-electron chi connectivity index (χ0n) is 10.7. The van der Waals surface area contributed by atoms with Crippen molar-refractivity contribution in [1.82, 2.24) is 0 Å². The summed E-state index contributed by atoms with van der Waals surface area (Å²) in [5, 5.41) is 25.1. The third kappa shape index (κ3) is 2.68. The first kappa shape index (κ1) is 13.8. The molecule has 2 rings (SSSR count). The second-order valence-corrected chi connectivity index (χ2v) is 4.54. The number of carboxylic acid groups (broad SMARTS) is 1. The van der Waals surface area contributed by atoms with E-state index in [1.807, 2.05) is 0 Å². The Morgan fingerprint density at radius 2 is 2.20 bits per heavy atom. The third-order valence-electron chi connectivity index (χ3n) is 3.06. The van der Waals surface area contributed by atoms with E-state index in [-0.39, 0.29) is 17.3 Å². The van der Waals surface area contributed by atoms with Crippen molar-refractivity contribution in [3.63, 3.8) is 0 Å². The quantitative estimate of drug-likeness (QED) is 0.565. The highest BCUT2D eigenvalue weighted by molar-refractivity contribution is 5.95. The molecule has 1 aliphatic rings. The van der Waals surface area contributed by atoms with Crippen LogP contribution in [0, 0.1) is 10.1 Å². The van der Waals surface area contributed by atoms with Gasteiger partial charge in [-0.1, -0.05) is 0 Å². The van der Waals surface area contributed by atoms with Crippen molar-refractivity contribution in [3.05, 3.63) is 27.8 Å². The predicted octanol–water partition coefficient (Wildman–Crippen LogP) is 1.36. The summed E-state index contributed by atoms with van der Waals surface area (Å²) in [6, 6.07) is 1.82. The maximum atomic E-state index is 11.3. The van der Waals surface area contributed by atoms with Gasteiger partial charge in [-0.05, 0) is 25.0 Å². The first-order valence-electron chi connectivity index (χ1n) is 5.99. The van der Waals surface area contributed by atoms with Gasteiger partial charge in [0.25, 0.3) is 5.69 Å². The van der Waals surface area contributed by atoms with Gasteiger partial charge in [-0.3, -0.25) is 19.7 Å². The lowest BCUT2D eigenvalue weighted by Gasteiger charge is -2.19. The van der Waals surface area contributed by atoms with Gasteiger partial charge in [-0.15, -0.1) is 0 Å². The van der Waals surface area contributed by atoms with E-state index in [1.165, 1.54) is 19.1 Å². The highest BCUT2D eigenvalue weighted by Crippen LogP contribution is 2.34. The normalized spacial score (nSPS) is 14.9. The lowest BCUT2D eigenvalue weighted by Crippen LogP contribution is -2.26. The van der Waals surface area contributed by atoms with Crippen molar-refractivity contribution in [2.75, 3.05) is 10.6 Å². The van der Waals surface area contributed by atoms with Gasteiger partial charge in [0.1, 0.15) is 11.7 Å². The number of nitro groups is 1. The van der Waals surface area contributed by atoms with Gasteiger partial charge in [-0.2, -0.15) is 0 Å². The molecule has 1 atom stereocenters. The summed E-state index contributed by atoms with van der Waals surface area (Å²) in [6.07, 6.45) is 0.772. The highest BCUT2D eigenvalue weighted by Gasteiger charge is 2.24. The monoisotopic (exact) mass is 279 g/mol. The van der Waals surface area contributed by atoms with E-state index in [0.29, 0.717) is 18.5 Å². The Bertz CT molecular complexity index is 599. The van der Waals surface area contributed by atoms with Gasteiger partial charge in [0.2, 0.25) is 5.91 Å². The Hall–Kier alpha value is -2.64. The fraction of sp³-hybridized carbons (Fsp3) is 0.333. The first-order valence-corrected chi connectivity index (χ1v) is 5.99. The van der Waals surface area contributed by atoms with E-state index < -0.39 is 16.9 Å². The molecule has 0 aromatic heterocycles. The smallest absolute Gasteiger partial charge is 0.325 e. The molecule has 1 amide bonds. The first-order chi connectivity index (χ1) is 9.38. The Labute approximate surface area is 113 Å². The molecule has 8 nitrogen and oxygen atoms in total. The highest BCUT2D eigenvalue weighted by atomic mass is 16.6. The number of aliphatic carboxylic acids is 1. The van der Waals surface area contributed by atoms with E-state index in [1.54, 1.807) is 0 Å². The summed E-state index contributed by atoms with van der Waals surface area (Å²) < 4.78 is 0. The average molecular weight is 279 g/mol. The standard InChI is InChI=1S/C12H13N3O5/c1-6(12(17)18)13-9-4-7-2-3-11(16)14-8(7)5-10(9)15(19)20/h4-6,13H,2-3H2,1H3,(H,14,16)(H,17,18).